The molecule has 0 fully saturated rings. The van der Waals surface area contributed by atoms with Crippen molar-refractivity contribution >= 4 is 25.1 Å². The van der Waals surface area contributed by atoms with Crippen molar-refractivity contribution in [3.8, 4) is 5.75 Å². The number of hydrogen-bond acceptors (Lipinski definition) is 4. The summed E-state index contributed by atoms with van der Waals surface area (Å²) >= 11 is 0. The van der Waals surface area contributed by atoms with Crippen LogP contribution < -0.4 is 0 Å². The van der Waals surface area contributed by atoms with Gasteiger partial charge in [0.1, 0.15) is 5.75 Å². The van der Waals surface area contributed by atoms with Gasteiger partial charge in [-0.05, 0) is 44.3 Å². The third kappa shape index (κ3) is 4.61. The van der Waals surface area contributed by atoms with E-state index in [1.807, 2.05) is 20.2 Å². The molecule has 132 valence electrons. The Labute approximate surface area is 144 Å². The summed E-state index contributed by atoms with van der Waals surface area (Å²) in [4.78, 5) is 14.6. The topological polar surface area (TPSA) is 54.7 Å². The van der Waals surface area contributed by atoms with Crippen LogP contribution in [0, 0.1) is 0 Å². The Morgan fingerprint density at radius 1 is 1.29 bits per heavy atom. The number of likely N-dealkylation sites (N-methyl/N-ethyl adjacent to an activating group) is 1. The molecule has 0 unspecified atom stereocenters. The lowest BCUT2D eigenvalue weighted by Gasteiger charge is -2.15. The Balaban J connectivity index is 2.26. The molecule has 0 aliphatic heterocycles. The van der Waals surface area contributed by atoms with E-state index in [1.165, 1.54) is 4.57 Å². The van der Waals surface area contributed by atoms with Crippen LogP contribution in [0.3, 0.4) is 0 Å². The second kappa shape index (κ2) is 7.40. The van der Waals surface area contributed by atoms with E-state index in [0.29, 0.717) is 12.1 Å². The molecule has 0 aliphatic rings. The largest absolute Gasteiger partial charge is 0.507 e. The van der Waals surface area contributed by atoms with Crippen LogP contribution in [0.25, 0.3) is 10.9 Å². The molecular weight excluding hydrogens is 320 g/mol. The summed E-state index contributed by atoms with van der Waals surface area (Å²) in [6.45, 7) is 8.05. The number of carbonyl (C=O) groups excluding carboxylic acids is 1. The minimum Gasteiger partial charge on any atom is -0.507 e. The number of rotatable bonds is 6. The van der Waals surface area contributed by atoms with Gasteiger partial charge in [-0.3, -0.25) is 4.57 Å². The molecule has 1 aromatic carbocycles. The average molecular weight is 349 g/mol. The molecule has 0 bridgehead atoms. The molecule has 2 aromatic rings. The first kappa shape index (κ1) is 18.5. The van der Waals surface area contributed by atoms with Gasteiger partial charge in [0.05, 0.1) is 12.1 Å². The van der Waals surface area contributed by atoms with Gasteiger partial charge in [-0.2, -0.15) is 0 Å². The first-order chi connectivity index (χ1) is 11.2. The van der Waals surface area contributed by atoms with Crippen molar-refractivity contribution in [3.63, 3.8) is 0 Å². The fourth-order valence-electron chi connectivity index (χ4n) is 2.55. The molecule has 0 saturated carbocycles. The second-order valence-corrected chi connectivity index (χ2v) is 13.3. The minimum atomic E-state index is -1.24. The van der Waals surface area contributed by atoms with Crippen molar-refractivity contribution in [1.29, 1.82) is 0 Å². The zero-order chi connectivity index (χ0) is 17.9. The normalized spacial score (nSPS) is 12.1. The number of phenolic OH excluding ortho intramolecular Hbond substituents is 1. The van der Waals surface area contributed by atoms with E-state index in [0.717, 1.165) is 30.0 Å². The maximum Gasteiger partial charge on any atom is 0.418 e. The molecule has 0 atom stereocenters. The lowest BCUT2D eigenvalue weighted by Crippen LogP contribution is -2.23. The van der Waals surface area contributed by atoms with E-state index in [2.05, 4.69) is 24.5 Å². The number of aromatic hydroxyl groups is 1. The van der Waals surface area contributed by atoms with Crippen LogP contribution in [0.1, 0.15) is 5.56 Å². The van der Waals surface area contributed by atoms with Gasteiger partial charge < -0.3 is 14.7 Å². The highest BCUT2D eigenvalue weighted by molar-refractivity contribution is 6.76. The summed E-state index contributed by atoms with van der Waals surface area (Å²) in [6, 6.07) is 6.19. The highest BCUT2D eigenvalue weighted by Gasteiger charge is 2.19. The average Bonchev–Trinajstić information content (AvgIpc) is 2.84. The van der Waals surface area contributed by atoms with Crippen LogP contribution in [-0.2, 0) is 11.2 Å². The summed E-state index contributed by atoms with van der Waals surface area (Å²) in [5.74, 6) is 0.204. The zero-order valence-electron chi connectivity index (χ0n) is 15.3. The van der Waals surface area contributed by atoms with E-state index < -0.39 is 8.07 Å². The van der Waals surface area contributed by atoms with Crippen LogP contribution in [0.5, 0.6) is 5.75 Å². The zero-order valence-corrected chi connectivity index (χ0v) is 16.3. The number of ether oxygens (including phenoxy) is 1. The molecule has 0 saturated heterocycles. The number of benzene rings is 1. The molecule has 0 amide bonds. The van der Waals surface area contributed by atoms with Crippen LogP contribution in [0.2, 0.25) is 25.7 Å². The summed E-state index contributed by atoms with van der Waals surface area (Å²) in [7, 11) is 2.77. The van der Waals surface area contributed by atoms with Crippen molar-refractivity contribution in [2.24, 2.45) is 0 Å². The van der Waals surface area contributed by atoms with Crippen molar-refractivity contribution < 1.29 is 14.6 Å². The van der Waals surface area contributed by atoms with Gasteiger partial charge in [-0.15, -0.1) is 0 Å². The third-order valence-electron chi connectivity index (χ3n) is 3.99. The summed E-state index contributed by atoms with van der Waals surface area (Å²) in [6.07, 6.45) is 2.18. The number of phenols is 1. The highest BCUT2D eigenvalue weighted by Crippen LogP contribution is 2.30. The molecule has 5 nitrogen and oxygen atoms in total. The Morgan fingerprint density at radius 3 is 2.62 bits per heavy atom. The molecule has 0 radical (unpaired) electrons. The Bertz CT molecular complexity index is 717. The maximum atomic E-state index is 12.5. The summed E-state index contributed by atoms with van der Waals surface area (Å²) in [5.41, 5.74) is 1.65. The van der Waals surface area contributed by atoms with E-state index in [-0.39, 0.29) is 11.8 Å². The van der Waals surface area contributed by atoms with E-state index in [4.69, 9.17) is 4.74 Å². The quantitative estimate of drug-likeness (QED) is 0.807. The molecule has 1 N–H and O–H groups in total. The van der Waals surface area contributed by atoms with Gasteiger partial charge >= 0.3 is 6.09 Å². The minimum absolute atomic E-state index is 0.204. The van der Waals surface area contributed by atoms with Crippen LogP contribution in [-0.4, -0.2) is 56.0 Å². The molecule has 0 spiro atoms. The number of aromatic nitrogens is 1. The van der Waals surface area contributed by atoms with Crippen molar-refractivity contribution in [2.45, 2.75) is 32.1 Å². The summed E-state index contributed by atoms with van der Waals surface area (Å²) < 4.78 is 6.98. The fourth-order valence-corrected chi connectivity index (χ4v) is 3.26. The molecule has 1 aromatic heterocycles. The Morgan fingerprint density at radius 2 is 2.00 bits per heavy atom. The second-order valence-electron chi connectivity index (χ2n) is 7.67. The smallest absolute Gasteiger partial charge is 0.418 e. The van der Waals surface area contributed by atoms with Crippen molar-refractivity contribution in [1.82, 2.24) is 9.47 Å². The number of hydrogen-bond donors (Lipinski definition) is 1. The van der Waals surface area contributed by atoms with Gasteiger partial charge in [0.2, 0.25) is 0 Å². The molecule has 1 heterocycles. The monoisotopic (exact) mass is 348 g/mol. The lowest BCUT2D eigenvalue weighted by atomic mass is 10.1. The van der Waals surface area contributed by atoms with Gasteiger partial charge in [0.15, 0.2) is 0 Å². The fraction of sp³-hybridized carbons (Fsp3) is 0.500. The van der Waals surface area contributed by atoms with E-state index >= 15 is 0 Å². The molecule has 0 aliphatic carbocycles. The highest BCUT2D eigenvalue weighted by atomic mass is 28.3. The molecule has 24 heavy (non-hydrogen) atoms. The maximum absolute atomic E-state index is 12.5. The SMILES string of the molecule is CN(C)CCc1cn(C(=O)OCC[Si](C)(C)C)c2cccc(O)c12. The number of carbonyl (C=O) groups is 1. The van der Waals surface area contributed by atoms with Gasteiger partial charge in [0.25, 0.3) is 0 Å². The number of fused-ring (bicyclic) bond motifs is 1. The van der Waals surface area contributed by atoms with Crippen LogP contribution in [0.4, 0.5) is 4.79 Å². The van der Waals surface area contributed by atoms with E-state index in [9.17, 15) is 9.90 Å². The van der Waals surface area contributed by atoms with Crippen LogP contribution in [0.15, 0.2) is 24.4 Å². The predicted molar refractivity (Wildman–Crippen MR) is 101 cm³/mol. The first-order valence-corrected chi connectivity index (χ1v) is 12.0. The Hall–Kier alpha value is -1.79. The molecule has 6 heteroatoms. The van der Waals surface area contributed by atoms with E-state index in [1.54, 1.807) is 18.3 Å². The van der Waals surface area contributed by atoms with Gasteiger partial charge in [-0.1, -0.05) is 25.7 Å². The van der Waals surface area contributed by atoms with Crippen LogP contribution >= 0.6 is 0 Å². The third-order valence-corrected chi connectivity index (χ3v) is 5.69. The lowest BCUT2D eigenvalue weighted by molar-refractivity contribution is 0.154. The first-order valence-electron chi connectivity index (χ1n) is 8.33. The molecular formula is C18H28N2O3Si. The molecule has 2 rings (SSSR count). The Kier molecular flexibility index (Phi) is 5.72. The van der Waals surface area contributed by atoms with Gasteiger partial charge in [-0.25, -0.2) is 4.79 Å². The van der Waals surface area contributed by atoms with Gasteiger partial charge in [0, 0.05) is 26.2 Å². The summed E-state index contributed by atoms with van der Waals surface area (Å²) in [5, 5.41) is 11.0. The van der Waals surface area contributed by atoms with Crippen molar-refractivity contribution in [2.75, 3.05) is 27.2 Å². The van der Waals surface area contributed by atoms with Crippen molar-refractivity contribution in [3.05, 3.63) is 30.0 Å². The standard InChI is InChI=1S/C18H28N2O3Si/c1-19(2)10-9-14-13-20(15-7-6-8-16(21)17(14)15)18(22)23-11-12-24(3,4)5/h6-8,13,21H,9-12H2,1-5H3. The predicted octanol–water partition coefficient (Wildman–Crippen LogP) is 3.77. The number of nitrogens with zero attached hydrogens (tertiary/aromatic N) is 2.